The van der Waals surface area contributed by atoms with E-state index < -0.39 is 76.0 Å². The van der Waals surface area contributed by atoms with Gasteiger partial charge in [0.15, 0.2) is 11.4 Å². The Bertz CT molecular complexity index is 1580. The number of hydrogen-bond donors (Lipinski definition) is 7. The quantitative estimate of drug-likeness (QED) is 0.200. The van der Waals surface area contributed by atoms with Crippen LogP contribution in [0.2, 0.25) is 0 Å². The fourth-order valence-electron chi connectivity index (χ4n) is 7.41. The fraction of sp³-hybridized carbons (Fsp3) is 0.406. The molecule has 2 aromatic rings. The van der Waals surface area contributed by atoms with Crippen LogP contribution in [-0.2, 0) is 20.9 Å². The summed E-state index contributed by atoms with van der Waals surface area (Å²) >= 11 is 0. The van der Waals surface area contributed by atoms with Gasteiger partial charge in [-0.15, -0.1) is 0 Å². The normalized spacial score (nSPS) is 29.7. The number of ketones is 2. The van der Waals surface area contributed by atoms with Gasteiger partial charge in [0.25, 0.3) is 5.91 Å². The highest BCUT2D eigenvalue weighted by atomic mass is 16.4. The topological polar surface area (TPSA) is 194 Å². The highest BCUT2D eigenvalue weighted by molar-refractivity contribution is 6.23. The number of carbonyl (C=O) groups is 3. The standard InChI is InChI=1S/C32H35N3O8/c1-15-18-7-8-20(34-17-9-11-35(12-10-17)14-16-5-3-2-4-6-16)27(38)23(18)28(39)25-22(15)26(37)19-13-21(36)24(31(33)42)29(40)32(19,43)30(25)41/h2-8,15,17,19,22,26,34,37-40,43H,9-14H2,1H3,(H2,33,42)/t15-,19+,22+,26+,32+/m0/s1. The van der Waals surface area contributed by atoms with Gasteiger partial charge in [-0.25, -0.2) is 0 Å². The lowest BCUT2D eigenvalue weighted by Gasteiger charge is -2.50. The maximum absolute atomic E-state index is 13.8. The smallest absolute Gasteiger partial charge is 0.255 e. The average molecular weight is 590 g/mol. The van der Waals surface area contributed by atoms with Crippen molar-refractivity contribution in [2.24, 2.45) is 17.6 Å². The Kier molecular flexibility index (Phi) is 7.07. The average Bonchev–Trinajstić information content (AvgIpc) is 2.97. The Hall–Kier alpha value is -4.19. The van der Waals surface area contributed by atoms with Gasteiger partial charge in [-0.2, -0.15) is 0 Å². The number of benzene rings is 2. The Labute approximate surface area is 247 Å². The van der Waals surface area contributed by atoms with Crippen molar-refractivity contribution in [2.75, 3.05) is 18.4 Å². The molecule has 0 aromatic heterocycles. The zero-order valence-electron chi connectivity index (χ0n) is 23.7. The number of phenols is 1. The molecule has 1 saturated heterocycles. The highest BCUT2D eigenvalue weighted by Crippen LogP contribution is 2.56. The third-order valence-corrected chi connectivity index (χ3v) is 9.70. The van der Waals surface area contributed by atoms with E-state index in [1.165, 1.54) is 5.56 Å². The number of aliphatic hydroxyl groups is 4. The van der Waals surface area contributed by atoms with Crippen molar-refractivity contribution < 1.29 is 39.9 Å². The molecule has 0 spiro atoms. The van der Waals surface area contributed by atoms with Crippen LogP contribution >= 0.6 is 0 Å². The third-order valence-electron chi connectivity index (χ3n) is 9.70. The minimum Gasteiger partial charge on any atom is -0.508 e. The molecule has 1 amide bonds. The number of Topliss-reactive ketones (excluding diaryl/α,β-unsaturated/α-hetero) is 2. The highest BCUT2D eigenvalue weighted by Gasteiger charge is 2.64. The van der Waals surface area contributed by atoms with Gasteiger partial charge in [0.1, 0.15) is 22.8 Å². The van der Waals surface area contributed by atoms with Crippen LogP contribution < -0.4 is 11.1 Å². The van der Waals surface area contributed by atoms with Gasteiger partial charge in [-0.3, -0.25) is 19.3 Å². The Balaban J connectivity index is 1.30. The number of carbonyl (C=O) groups excluding carboxylic acids is 3. The lowest BCUT2D eigenvalue weighted by atomic mass is 9.55. The number of nitrogens with one attached hydrogen (secondary N) is 1. The van der Waals surface area contributed by atoms with Gasteiger partial charge in [0.05, 0.1) is 17.4 Å². The molecule has 6 rings (SSSR count). The zero-order valence-corrected chi connectivity index (χ0v) is 23.7. The molecule has 0 unspecified atom stereocenters. The maximum Gasteiger partial charge on any atom is 0.255 e. The number of phenolic OH excluding ortho intramolecular Hbond substituents is 1. The summed E-state index contributed by atoms with van der Waals surface area (Å²) in [6.07, 6.45) is -0.514. The van der Waals surface area contributed by atoms with Gasteiger partial charge in [0, 0.05) is 49.5 Å². The van der Waals surface area contributed by atoms with Crippen molar-refractivity contribution in [3.63, 3.8) is 0 Å². The van der Waals surface area contributed by atoms with Crippen LogP contribution in [0.3, 0.4) is 0 Å². The van der Waals surface area contributed by atoms with Crippen LogP contribution in [0, 0.1) is 11.8 Å². The number of hydrogen-bond acceptors (Lipinski definition) is 10. The van der Waals surface area contributed by atoms with Crippen LogP contribution in [0.25, 0.3) is 5.76 Å². The molecule has 5 atom stereocenters. The fourth-order valence-corrected chi connectivity index (χ4v) is 7.41. The first-order chi connectivity index (χ1) is 20.4. The van der Waals surface area contributed by atoms with E-state index in [-0.39, 0.29) is 17.4 Å². The van der Waals surface area contributed by atoms with Crippen molar-refractivity contribution in [3.05, 3.63) is 76.1 Å². The van der Waals surface area contributed by atoms with E-state index >= 15 is 0 Å². The van der Waals surface area contributed by atoms with E-state index in [4.69, 9.17) is 5.73 Å². The number of nitrogens with two attached hydrogens (primary N) is 1. The van der Waals surface area contributed by atoms with E-state index in [0.717, 1.165) is 32.5 Å². The molecule has 43 heavy (non-hydrogen) atoms. The number of anilines is 1. The number of piperidine rings is 1. The van der Waals surface area contributed by atoms with Crippen molar-refractivity contribution in [2.45, 2.75) is 56.4 Å². The molecule has 2 aromatic carbocycles. The van der Waals surface area contributed by atoms with E-state index in [9.17, 15) is 39.9 Å². The first kappa shape index (κ1) is 28.9. The minimum atomic E-state index is -2.85. The number of likely N-dealkylation sites (tertiary alicyclic amines) is 1. The predicted molar refractivity (Wildman–Crippen MR) is 156 cm³/mol. The molecule has 11 heteroatoms. The van der Waals surface area contributed by atoms with Gasteiger partial charge in [-0.05, 0) is 36.0 Å². The first-order valence-corrected chi connectivity index (χ1v) is 14.5. The summed E-state index contributed by atoms with van der Waals surface area (Å²) < 4.78 is 0. The van der Waals surface area contributed by atoms with Crippen molar-refractivity contribution in [1.29, 1.82) is 0 Å². The minimum absolute atomic E-state index is 0.0154. The summed E-state index contributed by atoms with van der Waals surface area (Å²) in [4.78, 5) is 40.7. The largest absolute Gasteiger partial charge is 0.508 e. The number of nitrogens with zero attached hydrogens (tertiary/aromatic N) is 1. The van der Waals surface area contributed by atoms with Gasteiger partial charge >= 0.3 is 0 Å². The monoisotopic (exact) mass is 589 g/mol. The Morgan fingerprint density at radius 2 is 1.74 bits per heavy atom. The summed E-state index contributed by atoms with van der Waals surface area (Å²) in [5, 5.41) is 59.8. The van der Waals surface area contributed by atoms with Gasteiger partial charge in [0.2, 0.25) is 5.78 Å². The predicted octanol–water partition coefficient (Wildman–Crippen LogP) is 2.03. The Morgan fingerprint density at radius 1 is 1.07 bits per heavy atom. The number of primary amides is 1. The van der Waals surface area contributed by atoms with E-state index in [0.29, 0.717) is 11.3 Å². The first-order valence-electron chi connectivity index (χ1n) is 14.5. The number of fused-ring (bicyclic) bond motifs is 3. The Morgan fingerprint density at radius 3 is 2.40 bits per heavy atom. The van der Waals surface area contributed by atoms with E-state index in [1.54, 1.807) is 19.1 Å². The number of aromatic hydroxyl groups is 1. The number of rotatable bonds is 5. The van der Waals surface area contributed by atoms with Crippen LogP contribution in [0.1, 0.15) is 48.8 Å². The molecule has 2 fully saturated rings. The van der Waals surface area contributed by atoms with Gasteiger partial charge < -0.3 is 36.6 Å². The molecule has 226 valence electrons. The molecule has 1 saturated carbocycles. The molecule has 1 heterocycles. The van der Waals surface area contributed by atoms with Crippen LogP contribution in [-0.4, -0.2) is 78.7 Å². The second-order valence-corrected chi connectivity index (χ2v) is 12.1. The maximum atomic E-state index is 13.8. The van der Waals surface area contributed by atoms with Crippen molar-refractivity contribution in [1.82, 2.24) is 4.90 Å². The molecule has 0 bridgehead atoms. The third kappa shape index (κ3) is 4.41. The molecule has 11 nitrogen and oxygen atoms in total. The summed E-state index contributed by atoms with van der Waals surface area (Å²) in [5.41, 5.74) is 3.15. The van der Waals surface area contributed by atoms with Crippen LogP contribution in [0.4, 0.5) is 5.69 Å². The number of aliphatic hydroxyl groups excluding tert-OH is 3. The molecular weight excluding hydrogens is 554 g/mol. The van der Waals surface area contributed by atoms with E-state index in [1.807, 2.05) is 18.2 Å². The van der Waals surface area contributed by atoms with Gasteiger partial charge in [-0.1, -0.05) is 43.3 Å². The summed E-state index contributed by atoms with van der Waals surface area (Å²) in [6, 6.07) is 13.7. The molecule has 4 aliphatic rings. The zero-order chi connectivity index (χ0) is 30.8. The molecule has 0 radical (unpaired) electrons. The molecular formula is C32H35N3O8. The summed E-state index contributed by atoms with van der Waals surface area (Å²) in [5.74, 6) is -8.67. The SMILES string of the molecule is C[C@H]1c2ccc(NC3CCN(Cc4ccccc4)CC3)c(O)c2C(O)=C2C(=O)[C@]3(O)C(O)=C(C(N)=O)C(=O)C[C@@H]3[C@@H](O)[C@@H]21. The molecule has 1 aliphatic heterocycles. The molecule has 8 N–H and O–H groups in total. The van der Waals surface area contributed by atoms with Crippen LogP contribution in [0.5, 0.6) is 5.75 Å². The lowest BCUT2D eigenvalue weighted by Crippen LogP contribution is -2.63. The van der Waals surface area contributed by atoms with Crippen LogP contribution in [0.15, 0.2) is 59.4 Å². The van der Waals surface area contributed by atoms with Crippen molar-refractivity contribution in [3.8, 4) is 5.75 Å². The lowest BCUT2D eigenvalue weighted by molar-refractivity contribution is -0.160. The van der Waals surface area contributed by atoms with E-state index in [2.05, 4.69) is 22.3 Å². The summed E-state index contributed by atoms with van der Waals surface area (Å²) in [6.45, 7) is 4.27. The second-order valence-electron chi connectivity index (χ2n) is 12.1. The van der Waals surface area contributed by atoms with Crippen molar-refractivity contribution >= 4 is 28.9 Å². The number of amides is 1. The molecule has 3 aliphatic carbocycles. The second kappa shape index (κ2) is 10.5. The summed E-state index contributed by atoms with van der Waals surface area (Å²) in [7, 11) is 0.